The van der Waals surface area contributed by atoms with Gasteiger partial charge in [0.1, 0.15) is 5.75 Å². The third-order valence-electron chi connectivity index (χ3n) is 5.74. The normalized spacial score (nSPS) is 10.3. The molecule has 192 valence electrons. The van der Waals surface area contributed by atoms with Crippen LogP contribution in [0.1, 0.15) is 27.9 Å². The highest BCUT2D eigenvalue weighted by atomic mass is 32.1. The summed E-state index contributed by atoms with van der Waals surface area (Å²) in [6, 6.07) is 34.1. The number of thiocarbonyl (C=S) groups is 1. The molecule has 0 saturated heterocycles. The number of aryl methyl sites for hydroxylation is 1. The van der Waals surface area contributed by atoms with Gasteiger partial charge >= 0.3 is 0 Å². The fourth-order valence-electron chi connectivity index (χ4n) is 3.76. The van der Waals surface area contributed by atoms with Gasteiger partial charge in [-0.1, -0.05) is 66.7 Å². The van der Waals surface area contributed by atoms with Crippen LogP contribution < -0.4 is 20.7 Å². The van der Waals surface area contributed by atoms with Crippen LogP contribution in [0.25, 0.3) is 0 Å². The predicted molar refractivity (Wildman–Crippen MR) is 156 cm³/mol. The Balaban J connectivity index is 1.21. The van der Waals surface area contributed by atoms with Crippen molar-refractivity contribution >= 4 is 40.5 Å². The Kier molecular flexibility index (Phi) is 9.59. The van der Waals surface area contributed by atoms with E-state index in [0.717, 1.165) is 12.0 Å². The molecular formula is C31H29N3O3S. The van der Waals surface area contributed by atoms with E-state index in [-0.39, 0.29) is 16.9 Å². The molecule has 0 aliphatic carbocycles. The van der Waals surface area contributed by atoms with Crippen LogP contribution in [0.2, 0.25) is 0 Å². The van der Waals surface area contributed by atoms with Gasteiger partial charge in [-0.2, -0.15) is 0 Å². The zero-order chi connectivity index (χ0) is 26.6. The van der Waals surface area contributed by atoms with Gasteiger partial charge in [0.25, 0.3) is 5.91 Å². The van der Waals surface area contributed by atoms with E-state index in [9.17, 15) is 9.59 Å². The second kappa shape index (κ2) is 13.7. The summed E-state index contributed by atoms with van der Waals surface area (Å²) in [5, 5.41) is 8.75. The first-order chi connectivity index (χ1) is 18.5. The largest absolute Gasteiger partial charge is 0.493 e. The van der Waals surface area contributed by atoms with E-state index in [4.69, 9.17) is 17.0 Å². The zero-order valence-electron chi connectivity index (χ0n) is 20.9. The van der Waals surface area contributed by atoms with E-state index in [1.54, 1.807) is 42.5 Å². The van der Waals surface area contributed by atoms with E-state index in [0.29, 0.717) is 42.1 Å². The van der Waals surface area contributed by atoms with Gasteiger partial charge in [0.05, 0.1) is 6.61 Å². The van der Waals surface area contributed by atoms with E-state index in [2.05, 4.69) is 28.1 Å². The van der Waals surface area contributed by atoms with Crippen LogP contribution in [0.15, 0.2) is 109 Å². The monoisotopic (exact) mass is 523 g/mol. The van der Waals surface area contributed by atoms with Crippen molar-refractivity contribution < 1.29 is 14.3 Å². The third-order valence-corrected chi connectivity index (χ3v) is 5.94. The number of amides is 2. The molecule has 38 heavy (non-hydrogen) atoms. The summed E-state index contributed by atoms with van der Waals surface area (Å²) in [7, 11) is 0. The summed E-state index contributed by atoms with van der Waals surface area (Å²) in [6.07, 6.45) is 1.86. The maximum Gasteiger partial charge on any atom is 0.257 e. The smallest absolute Gasteiger partial charge is 0.257 e. The molecule has 0 saturated carbocycles. The molecule has 6 nitrogen and oxygen atoms in total. The molecule has 4 aromatic carbocycles. The quantitative estimate of drug-likeness (QED) is 0.222. The van der Waals surface area contributed by atoms with Crippen molar-refractivity contribution in [1.82, 2.24) is 5.32 Å². The average molecular weight is 524 g/mol. The van der Waals surface area contributed by atoms with E-state index >= 15 is 0 Å². The maximum absolute atomic E-state index is 12.7. The molecule has 0 aliphatic heterocycles. The Morgan fingerprint density at radius 3 is 1.95 bits per heavy atom. The van der Waals surface area contributed by atoms with Crippen LogP contribution in [0, 0.1) is 0 Å². The number of carbonyl (C=O) groups is 2. The summed E-state index contributed by atoms with van der Waals surface area (Å²) in [5.74, 6) is 0.232. The molecule has 4 aromatic rings. The van der Waals surface area contributed by atoms with Crippen molar-refractivity contribution in [2.45, 2.75) is 19.3 Å². The first-order valence-corrected chi connectivity index (χ1v) is 12.8. The van der Waals surface area contributed by atoms with Gasteiger partial charge in [-0.05, 0) is 72.2 Å². The van der Waals surface area contributed by atoms with Crippen molar-refractivity contribution in [3.63, 3.8) is 0 Å². The van der Waals surface area contributed by atoms with Gasteiger partial charge in [0, 0.05) is 29.8 Å². The third kappa shape index (κ3) is 8.57. The lowest BCUT2D eigenvalue weighted by atomic mass is 10.1. The molecule has 7 heteroatoms. The van der Waals surface area contributed by atoms with E-state index in [1.807, 2.05) is 54.6 Å². The number of nitrogens with one attached hydrogen (secondary N) is 3. The molecule has 2 amide bonds. The van der Waals surface area contributed by atoms with Gasteiger partial charge in [-0.15, -0.1) is 0 Å². The number of hydrogen-bond donors (Lipinski definition) is 3. The minimum absolute atomic E-state index is 0.0522. The van der Waals surface area contributed by atoms with Crippen molar-refractivity contribution in [3.8, 4) is 5.75 Å². The summed E-state index contributed by atoms with van der Waals surface area (Å²) in [4.78, 5) is 24.9. The minimum atomic E-state index is -0.335. The minimum Gasteiger partial charge on any atom is -0.493 e. The lowest BCUT2D eigenvalue weighted by Gasteiger charge is -2.12. The van der Waals surface area contributed by atoms with Gasteiger partial charge in [-0.3, -0.25) is 14.9 Å². The predicted octanol–water partition coefficient (Wildman–Crippen LogP) is 6.01. The van der Waals surface area contributed by atoms with Crippen molar-refractivity contribution in [1.29, 1.82) is 0 Å². The molecule has 0 atom stereocenters. The molecule has 3 N–H and O–H groups in total. The molecule has 0 bridgehead atoms. The number of carbonyl (C=O) groups excluding carboxylic acids is 2. The van der Waals surface area contributed by atoms with Crippen LogP contribution >= 0.6 is 12.2 Å². The fraction of sp³-hybridized carbons (Fsp3) is 0.129. The van der Waals surface area contributed by atoms with Crippen molar-refractivity contribution in [2.24, 2.45) is 0 Å². The Morgan fingerprint density at radius 2 is 1.29 bits per heavy atom. The van der Waals surface area contributed by atoms with Crippen LogP contribution in [-0.4, -0.2) is 23.5 Å². The lowest BCUT2D eigenvalue weighted by molar-refractivity contribution is -0.116. The SMILES string of the molecule is O=C(CCc1ccccc1)Nc1ccc(NC(=S)NC(=O)c2cccc(OCCc3ccccc3)c2)cc1. The number of rotatable bonds is 10. The Morgan fingerprint density at radius 1 is 0.684 bits per heavy atom. The second-order valence-corrected chi connectivity index (χ2v) is 9.04. The molecule has 4 rings (SSSR count). The Bertz CT molecular complexity index is 1360. The highest BCUT2D eigenvalue weighted by Crippen LogP contribution is 2.16. The summed E-state index contributed by atoms with van der Waals surface area (Å²) in [5.41, 5.74) is 4.14. The topological polar surface area (TPSA) is 79.5 Å². The Labute approximate surface area is 228 Å². The molecule has 0 radical (unpaired) electrons. The van der Waals surface area contributed by atoms with Crippen LogP contribution in [0.4, 0.5) is 11.4 Å². The van der Waals surface area contributed by atoms with Gasteiger partial charge in [0.2, 0.25) is 5.91 Å². The molecule has 0 unspecified atom stereocenters. The number of ether oxygens (including phenoxy) is 1. The van der Waals surface area contributed by atoms with Crippen LogP contribution in [0.3, 0.4) is 0 Å². The second-order valence-electron chi connectivity index (χ2n) is 8.63. The molecular weight excluding hydrogens is 494 g/mol. The summed E-state index contributed by atoms with van der Waals surface area (Å²) >= 11 is 5.31. The lowest BCUT2D eigenvalue weighted by Crippen LogP contribution is -2.34. The zero-order valence-corrected chi connectivity index (χ0v) is 21.7. The van der Waals surface area contributed by atoms with Gasteiger partial charge in [0.15, 0.2) is 5.11 Å². The van der Waals surface area contributed by atoms with Crippen molar-refractivity contribution in [3.05, 3.63) is 126 Å². The molecule has 0 aliphatic rings. The average Bonchev–Trinajstić information content (AvgIpc) is 2.94. The molecule has 0 heterocycles. The van der Waals surface area contributed by atoms with Crippen molar-refractivity contribution in [2.75, 3.05) is 17.2 Å². The highest BCUT2D eigenvalue weighted by molar-refractivity contribution is 7.80. The fourth-order valence-corrected chi connectivity index (χ4v) is 3.97. The Hall–Kier alpha value is -4.49. The molecule has 0 fully saturated rings. The number of hydrogen-bond acceptors (Lipinski definition) is 4. The molecule has 0 aromatic heterocycles. The first-order valence-electron chi connectivity index (χ1n) is 12.4. The number of benzene rings is 4. The number of anilines is 2. The van der Waals surface area contributed by atoms with Crippen LogP contribution in [-0.2, 0) is 17.6 Å². The molecule has 0 spiro atoms. The summed E-state index contributed by atoms with van der Waals surface area (Å²) < 4.78 is 5.82. The summed E-state index contributed by atoms with van der Waals surface area (Å²) in [6.45, 7) is 0.512. The first kappa shape index (κ1) is 26.6. The highest BCUT2D eigenvalue weighted by Gasteiger charge is 2.10. The van der Waals surface area contributed by atoms with E-state index in [1.165, 1.54) is 5.56 Å². The van der Waals surface area contributed by atoms with Gasteiger partial charge < -0.3 is 15.4 Å². The van der Waals surface area contributed by atoms with E-state index < -0.39 is 0 Å². The van der Waals surface area contributed by atoms with Gasteiger partial charge in [-0.25, -0.2) is 0 Å². The standard InChI is InChI=1S/C31H29N3O3S/c35-29(19-14-23-8-3-1-4-9-23)32-26-15-17-27(18-16-26)33-31(38)34-30(36)25-12-7-13-28(22-25)37-21-20-24-10-5-2-6-11-24/h1-13,15-18,22H,14,19-21H2,(H,32,35)(H2,33,34,36,38). The van der Waals surface area contributed by atoms with Crippen LogP contribution in [0.5, 0.6) is 5.75 Å². The maximum atomic E-state index is 12.7.